The second kappa shape index (κ2) is 5.16. The van der Waals surface area contributed by atoms with Crippen molar-refractivity contribution in [3.05, 3.63) is 52.8 Å². The molecule has 2 aromatic carbocycles. The second-order valence-electron chi connectivity index (χ2n) is 3.76. The van der Waals surface area contributed by atoms with Gasteiger partial charge in [-0.2, -0.15) is 0 Å². The number of amides is 1. The number of halogens is 2. The van der Waals surface area contributed by atoms with Crippen LogP contribution in [0.4, 0.5) is 10.1 Å². The maximum atomic E-state index is 12.9. The Bertz CT molecular complexity index is 647. The molecule has 0 bridgehead atoms. The van der Waals surface area contributed by atoms with Crippen molar-refractivity contribution in [1.29, 1.82) is 0 Å². The normalized spacial score (nSPS) is 10.2. The Morgan fingerprint density at radius 1 is 1.26 bits per heavy atom. The van der Waals surface area contributed by atoms with Crippen LogP contribution in [-0.4, -0.2) is 5.91 Å². The van der Waals surface area contributed by atoms with Gasteiger partial charge in [-0.3, -0.25) is 4.79 Å². The molecule has 1 amide bonds. The second-order valence-corrected chi connectivity index (χ2v) is 4.17. The van der Waals surface area contributed by atoms with Gasteiger partial charge < -0.3 is 16.2 Å². The van der Waals surface area contributed by atoms with E-state index in [0.29, 0.717) is 0 Å². The Labute approximate surface area is 113 Å². The Morgan fingerprint density at radius 3 is 2.63 bits per heavy atom. The summed E-state index contributed by atoms with van der Waals surface area (Å²) in [4.78, 5) is 11.3. The molecule has 0 aliphatic rings. The molecular weight excluding hydrogens is 271 g/mol. The van der Waals surface area contributed by atoms with Crippen molar-refractivity contribution >= 4 is 23.2 Å². The topological polar surface area (TPSA) is 78.3 Å². The van der Waals surface area contributed by atoms with Crippen LogP contribution in [0.5, 0.6) is 11.5 Å². The van der Waals surface area contributed by atoms with E-state index in [1.807, 2.05) is 0 Å². The predicted octanol–water partition coefficient (Wildman–Crippen LogP) is 2.95. The zero-order chi connectivity index (χ0) is 14.0. The summed E-state index contributed by atoms with van der Waals surface area (Å²) in [7, 11) is 0. The monoisotopic (exact) mass is 280 g/mol. The Morgan fingerprint density at radius 2 is 2.00 bits per heavy atom. The highest BCUT2D eigenvalue weighted by molar-refractivity contribution is 6.32. The van der Waals surface area contributed by atoms with Gasteiger partial charge in [-0.05, 0) is 30.3 Å². The molecule has 0 aliphatic carbocycles. The van der Waals surface area contributed by atoms with Crippen molar-refractivity contribution in [3.63, 3.8) is 0 Å². The van der Waals surface area contributed by atoms with E-state index in [-0.39, 0.29) is 27.8 Å². The van der Waals surface area contributed by atoms with Crippen molar-refractivity contribution in [1.82, 2.24) is 0 Å². The van der Waals surface area contributed by atoms with Gasteiger partial charge in [-0.15, -0.1) is 0 Å². The van der Waals surface area contributed by atoms with Crippen molar-refractivity contribution < 1.29 is 13.9 Å². The van der Waals surface area contributed by atoms with Crippen LogP contribution < -0.4 is 16.2 Å². The van der Waals surface area contributed by atoms with E-state index in [1.165, 1.54) is 18.2 Å². The van der Waals surface area contributed by atoms with Gasteiger partial charge in [0.25, 0.3) is 5.91 Å². The zero-order valence-corrected chi connectivity index (χ0v) is 10.4. The number of para-hydroxylation sites is 1. The number of anilines is 1. The quantitative estimate of drug-likeness (QED) is 0.849. The smallest absolute Gasteiger partial charge is 0.252 e. The number of nitrogens with two attached hydrogens (primary N) is 2. The Hall–Kier alpha value is -2.27. The number of nitrogen functional groups attached to an aromatic ring is 1. The molecule has 0 heterocycles. The molecule has 19 heavy (non-hydrogen) atoms. The molecule has 0 atom stereocenters. The number of rotatable bonds is 3. The summed E-state index contributed by atoms with van der Waals surface area (Å²) < 4.78 is 18.4. The fraction of sp³-hybridized carbons (Fsp3) is 0. The molecule has 0 radical (unpaired) electrons. The molecule has 0 unspecified atom stereocenters. The summed E-state index contributed by atoms with van der Waals surface area (Å²) in [5.74, 6) is -0.888. The first-order valence-corrected chi connectivity index (χ1v) is 5.68. The molecule has 0 aliphatic heterocycles. The van der Waals surface area contributed by atoms with Gasteiger partial charge in [0.1, 0.15) is 11.6 Å². The van der Waals surface area contributed by atoms with Gasteiger partial charge in [0.2, 0.25) is 0 Å². The Balaban J connectivity index is 2.46. The lowest BCUT2D eigenvalue weighted by molar-refractivity contribution is 0.0998. The average Bonchev–Trinajstić information content (AvgIpc) is 2.34. The van der Waals surface area contributed by atoms with Crippen LogP contribution >= 0.6 is 11.6 Å². The summed E-state index contributed by atoms with van der Waals surface area (Å²) in [6.07, 6.45) is 0. The van der Waals surface area contributed by atoms with Crippen LogP contribution in [0.25, 0.3) is 0 Å². The third-order valence-electron chi connectivity index (χ3n) is 2.42. The predicted molar refractivity (Wildman–Crippen MR) is 70.9 cm³/mol. The highest BCUT2D eigenvalue weighted by Crippen LogP contribution is 2.35. The summed E-state index contributed by atoms with van der Waals surface area (Å²) in [6, 6.07) is 8.23. The van der Waals surface area contributed by atoms with Gasteiger partial charge in [0.05, 0.1) is 16.3 Å². The van der Waals surface area contributed by atoms with E-state index in [2.05, 4.69) is 0 Å². The first-order valence-electron chi connectivity index (χ1n) is 5.30. The zero-order valence-electron chi connectivity index (χ0n) is 9.69. The van der Waals surface area contributed by atoms with E-state index in [0.717, 1.165) is 6.07 Å². The van der Waals surface area contributed by atoms with Crippen LogP contribution in [0.3, 0.4) is 0 Å². The van der Waals surface area contributed by atoms with Crippen LogP contribution in [0.15, 0.2) is 36.4 Å². The number of ether oxygens (including phenoxy) is 1. The summed E-state index contributed by atoms with van der Waals surface area (Å²) in [5.41, 5.74) is 11.3. The molecule has 4 nitrogen and oxygen atoms in total. The summed E-state index contributed by atoms with van der Waals surface area (Å²) >= 11 is 5.84. The van der Waals surface area contributed by atoms with Crippen molar-refractivity contribution in [2.75, 3.05) is 5.73 Å². The van der Waals surface area contributed by atoms with Crippen molar-refractivity contribution in [3.8, 4) is 11.5 Å². The number of benzene rings is 2. The molecule has 0 spiro atoms. The van der Waals surface area contributed by atoms with E-state index < -0.39 is 11.7 Å². The highest BCUT2D eigenvalue weighted by atomic mass is 35.5. The van der Waals surface area contributed by atoms with E-state index in [4.69, 9.17) is 27.8 Å². The molecular formula is C13H10ClFN2O2. The largest absolute Gasteiger partial charge is 0.453 e. The number of primary amides is 1. The fourth-order valence-electron chi connectivity index (χ4n) is 1.53. The third-order valence-corrected chi connectivity index (χ3v) is 2.71. The van der Waals surface area contributed by atoms with Crippen LogP contribution in [-0.2, 0) is 0 Å². The van der Waals surface area contributed by atoms with Gasteiger partial charge >= 0.3 is 0 Å². The molecule has 4 N–H and O–H groups in total. The van der Waals surface area contributed by atoms with E-state index >= 15 is 0 Å². The number of carbonyl (C=O) groups excluding carboxylic acids is 1. The lowest BCUT2D eigenvalue weighted by Gasteiger charge is -2.12. The minimum absolute atomic E-state index is 0.0682. The molecule has 0 saturated heterocycles. The number of hydrogen-bond acceptors (Lipinski definition) is 3. The van der Waals surface area contributed by atoms with Crippen LogP contribution in [0.2, 0.25) is 5.02 Å². The molecule has 0 saturated carbocycles. The van der Waals surface area contributed by atoms with Gasteiger partial charge in [0.15, 0.2) is 5.75 Å². The maximum absolute atomic E-state index is 12.9. The van der Waals surface area contributed by atoms with Crippen molar-refractivity contribution in [2.24, 2.45) is 5.73 Å². The first-order chi connectivity index (χ1) is 8.99. The number of carbonyl (C=O) groups is 1. The molecule has 98 valence electrons. The SMILES string of the molecule is NC(=O)c1cccc(N)c1Oc1ccc(F)cc1Cl. The third kappa shape index (κ3) is 2.77. The van der Waals surface area contributed by atoms with Gasteiger partial charge in [-0.1, -0.05) is 17.7 Å². The fourth-order valence-corrected chi connectivity index (χ4v) is 1.74. The summed E-state index contributed by atoms with van der Waals surface area (Å²) in [5, 5.41) is 0.0682. The van der Waals surface area contributed by atoms with E-state index in [1.54, 1.807) is 12.1 Å². The van der Waals surface area contributed by atoms with E-state index in [9.17, 15) is 9.18 Å². The lowest BCUT2D eigenvalue weighted by Crippen LogP contribution is -2.13. The van der Waals surface area contributed by atoms with Gasteiger partial charge in [-0.25, -0.2) is 4.39 Å². The molecule has 6 heteroatoms. The lowest BCUT2D eigenvalue weighted by atomic mass is 10.1. The molecule has 0 fully saturated rings. The number of hydrogen-bond donors (Lipinski definition) is 2. The minimum Gasteiger partial charge on any atom is -0.453 e. The summed E-state index contributed by atoms with van der Waals surface area (Å²) in [6.45, 7) is 0. The maximum Gasteiger partial charge on any atom is 0.252 e. The van der Waals surface area contributed by atoms with Crippen LogP contribution in [0.1, 0.15) is 10.4 Å². The standard InChI is InChI=1S/C13H10ClFN2O2/c14-9-6-7(15)4-5-11(9)19-12-8(13(17)18)2-1-3-10(12)16/h1-6H,16H2,(H2,17,18). The highest BCUT2D eigenvalue weighted by Gasteiger charge is 2.14. The average molecular weight is 281 g/mol. The Kier molecular flexibility index (Phi) is 3.57. The van der Waals surface area contributed by atoms with Gasteiger partial charge in [0, 0.05) is 0 Å². The molecule has 0 aromatic heterocycles. The minimum atomic E-state index is -0.680. The molecule has 2 rings (SSSR count). The van der Waals surface area contributed by atoms with Crippen LogP contribution in [0, 0.1) is 5.82 Å². The molecule has 2 aromatic rings. The van der Waals surface area contributed by atoms with Crippen molar-refractivity contribution in [2.45, 2.75) is 0 Å². The first kappa shape index (κ1) is 13.2.